The molecule has 0 atom stereocenters. The summed E-state index contributed by atoms with van der Waals surface area (Å²) in [6.07, 6.45) is 0. The van der Waals surface area contributed by atoms with Crippen molar-refractivity contribution in [2.24, 2.45) is 5.73 Å². The van der Waals surface area contributed by atoms with Gasteiger partial charge in [0.25, 0.3) is 0 Å². The summed E-state index contributed by atoms with van der Waals surface area (Å²) in [6, 6.07) is 5.78. The van der Waals surface area contributed by atoms with Crippen LogP contribution in [0.25, 0.3) is 0 Å². The van der Waals surface area contributed by atoms with Crippen molar-refractivity contribution in [1.82, 2.24) is 4.72 Å². The first-order valence-electron chi connectivity index (χ1n) is 7.19. The Labute approximate surface area is 138 Å². The molecule has 1 aromatic carbocycles. The van der Waals surface area contributed by atoms with Crippen LogP contribution in [0.5, 0.6) is 5.75 Å². The quantitative estimate of drug-likeness (QED) is 0.660. The summed E-state index contributed by atoms with van der Waals surface area (Å²) in [5, 5.41) is 0. The Kier molecular flexibility index (Phi) is 6.58. The van der Waals surface area contributed by atoms with Gasteiger partial charge in [0.2, 0.25) is 10.0 Å². The second kappa shape index (κ2) is 7.61. The Morgan fingerprint density at radius 3 is 2.17 bits per heavy atom. The summed E-state index contributed by atoms with van der Waals surface area (Å²) < 4.78 is 55.0. The van der Waals surface area contributed by atoms with E-state index in [4.69, 9.17) is 10.5 Å². The molecule has 0 radical (unpaired) electrons. The third-order valence-electron chi connectivity index (χ3n) is 3.16. The molecule has 0 heterocycles. The Bertz CT molecular complexity index is 710. The average molecular weight is 364 g/mol. The van der Waals surface area contributed by atoms with Gasteiger partial charge in [0.05, 0.1) is 10.6 Å². The van der Waals surface area contributed by atoms with E-state index in [1.807, 2.05) is 0 Å². The lowest BCUT2D eigenvalue weighted by molar-refractivity contribution is 0.340. The molecule has 0 saturated heterocycles. The van der Waals surface area contributed by atoms with Crippen LogP contribution in [-0.4, -0.2) is 47.0 Å². The Hall–Kier alpha value is -1.16. The second-order valence-corrected chi connectivity index (χ2v) is 9.90. The van der Waals surface area contributed by atoms with Gasteiger partial charge in [-0.1, -0.05) is 6.92 Å². The largest absolute Gasteiger partial charge is 0.493 e. The molecule has 7 nitrogen and oxygen atoms in total. The zero-order valence-electron chi connectivity index (χ0n) is 13.6. The number of benzene rings is 1. The van der Waals surface area contributed by atoms with Gasteiger partial charge in [0, 0.05) is 17.8 Å². The summed E-state index contributed by atoms with van der Waals surface area (Å²) in [4.78, 5) is 0.0903. The highest BCUT2D eigenvalue weighted by Gasteiger charge is 2.24. The van der Waals surface area contributed by atoms with Gasteiger partial charge in [-0.2, -0.15) is 0 Å². The van der Waals surface area contributed by atoms with E-state index in [0.717, 1.165) is 0 Å². The molecule has 132 valence electrons. The van der Waals surface area contributed by atoms with E-state index in [2.05, 4.69) is 4.72 Å². The van der Waals surface area contributed by atoms with Crippen LogP contribution in [0.15, 0.2) is 29.2 Å². The van der Waals surface area contributed by atoms with Crippen LogP contribution in [0.1, 0.15) is 20.8 Å². The van der Waals surface area contributed by atoms with E-state index < -0.39 is 25.4 Å². The van der Waals surface area contributed by atoms with Gasteiger partial charge in [-0.05, 0) is 38.1 Å². The average Bonchev–Trinajstić information content (AvgIpc) is 2.46. The Morgan fingerprint density at radius 1 is 1.13 bits per heavy atom. The minimum absolute atomic E-state index is 0.0285. The maximum Gasteiger partial charge on any atom is 0.241 e. The highest BCUT2D eigenvalue weighted by molar-refractivity contribution is 7.91. The van der Waals surface area contributed by atoms with Crippen molar-refractivity contribution in [3.63, 3.8) is 0 Å². The molecule has 0 aliphatic rings. The van der Waals surface area contributed by atoms with E-state index in [1.54, 1.807) is 20.8 Å². The monoisotopic (exact) mass is 364 g/mol. The molecule has 1 aromatic rings. The topological polar surface area (TPSA) is 116 Å². The van der Waals surface area contributed by atoms with Gasteiger partial charge in [-0.3, -0.25) is 0 Å². The third kappa shape index (κ3) is 6.46. The van der Waals surface area contributed by atoms with E-state index in [1.165, 1.54) is 24.3 Å². The highest BCUT2D eigenvalue weighted by atomic mass is 32.2. The minimum Gasteiger partial charge on any atom is -0.493 e. The zero-order valence-corrected chi connectivity index (χ0v) is 15.2. The maximum absolute atomic E-state index is 12.2. The van der Waals surface area contributed by atoms with Crippen molar-refractivity contribution >= 4 is 19.9 Å². The summed E-state index contributed by atoms with van der Waals surface area (Å²) >= 11 is 0. The van der Waals surface area contributed by atoms with Gasteiger partial charge in [0.15, 0.2) is 9.84 Å². The molecule has 0 aromatic heterocycles. The van der Waals surface area contributed by atoms with Gasteiger partial charge < -0.3 is 10.5 Å². The summed E-state index contributed by atoms with van der Waals surface area (Å²) in [6.45, 7) is 5.15. The van der Waals surface area contributed by atoms with Crippen LogP contribution in [0.3, 0.4) is 0 Å². The van der Waals surface area contributed by atoms with Crippen molar-refractivity contribution < 1.29 is 21.6 Å². The molecule has 0 unspecified atom stereocenters. The second-order valence-electron chi connectivity index (χ2n) is 5.75. The van der Waals surface area contributed by atoms with Gasteiger partial charge in [-0.25, -0.2) is 21.6 Å². The number of rotatable bonds is 9. The number of nitrogens with one attached hydrogen (secondary N) is 1. The van der Waals surface area contributed by atoms with Crippen molar-refractivity contribution in [3.05, 3.63) is 24.3 Å². The van der Waals surface area contributed by atoms with Crippen molar-refractivity contribution in [2.45, 2.75) is 31.2 Å². The molecule has 9 heteroatoms. The fraction of sp³-hybridized carbons (Fsp3) is 0.571. The highest BCUT2D eigenvalue weighted by Crippen LogP contribution is 2.17. The normalized spacial score (nSPS) is 13.0. The number of hydrogen-bond donors (Lipinski definition) is 2. The van der Waals surface area contributed by atoms with Crippen LogP contribution in [-0.2, 0) is 19.9 Å². The molecule has 0 amide bonds. The van der Waals surface area contributed by atoms with Crippen LogP contribution < -0.4 is 15.2 Å². The number of sulfonamides is 1. The molecule has 3 N–H and O–H groups in total. The molecule has 1 rings (SSSR count). The predicted molar refractivity (Wildman–Crippen MR) is 89.7 cm³/mol. The molecule has 23 heavy (non-hydrogen) atoms. The van der Waals surface area contributed by atoms with Crippen LogP contribution in [0, 0.1) is 0 Å². The van der Waals surface area contributed by atoms with E-state index >= 15 is 0 Å². The molecule has 0 bridgehead atoms. The molecular formula is C14H24N2O5S2. The Balaban J connectivity index is 2.73. The smallest absolute Gasteiger partial charge is 0.241 e. The van der Waals surface area contributed by atoms with Crippen LogP contribution in [0.2, 0.25) is 0 Å². The third-order valence-corrected chi connectivity index (χ3v) is 6.54. The summed E-state index contributed by atoms with van der Waals surface area (Å²) in [5.41, 5.74) is 4.77. The summed E-state index contributed by atoms with van der Waals surface area (Å²) in [5.74, 6) is 0.402. The maximum atomic E-state index is 12.2. The lowest BCUT2D eigenvalue weighted by Crippen LogP contribution is -2.48. The van der Waals surface area contributed by atoms with Gasteiger partial charge >= 0.3 is 0 Å². The molecule has 0 aliphatic heterocycles. The van der Waals surface area contributed by atoms with Crippen molar-refractivity contribution in [1.29, 1.82) is 0 Å². The fourth-order valence-electron chi connectivity index (χ4n) is 1.61. The number of ether oxygens (including phenoxy) is 1. The Morgan fingerprint density at radius 2 is 1.70 bits per heavy atom. The minimum atomic E-state index is -3.68. The SMILES string of the molecule is CCS(=O)(=O)CCOc1ccc(S(=O)(=O)NC(C)(C)CN)cc1. The summed E-state index contributed by atoms with van der Waals surface area (Å²) in [7, 11) is -6.76. The zero-order chi connectivity index (χ0) is 17.7. The first-order chi connectivity index (χ1) is 10.5. The predicted octanol–water partition coefficient (Wildman–Crippen LogP) is 0.516. The molecule has 0 spiro atoms. The first kappa shape index (κ1) is 19.9. The van der Waals surface area contributed by atoms with E-state index in [9.17, 15) is 16.8 Å². The van der Waals surface area contributed by atoms with Crippen LogP contribution >= 0.6 is 0 Å². The molecule has 0 saturated carbocycles. The van der Waals surface area contributed by atoms with Crippen LogP contribution in [0.4, 0.5) is 0 Å². The lowest BCUT2D eigenvalue weighted by Gasteiger charge is -2.23. The standard InChI is InChI=1S/C14H24N2O5S2/c1-4-22(17,18)10-9-21-12-5-7-13(8-6-12)23(19,20)16-14(2,3)11-15/h5-8,16H,4,9-11,15H2,1-3H3. The van der Waals surface area contributed by atoms with E-state index in [-0.39, 0.29) is 29.6 Å². The van der Waals surface area contributed by atoms with E-state index in [0.29, 0.717) is 5.75 Å². The number of hydrogen-bond acceptors (Lipinski definition) is 6. The molecule has 0 aliphatic carbocycles. The number of sulfone groups is 1. The molecular weight excluding hydrogens is 340 g/mol. The lowest BCUT2D eigenvalue weighted by atomic mass is 10.1. The fourth-order valence-corrected chi connectivity index (χ4v) is 3.66. The number of nitrogens with two attached hydrogens (primary N) is 1. The van der Waals surface area contributed by atoms with Crippen molar-refractivity contribution in [3.8, 4) is 5.75 Å². The van der Waals surface area contributed by atoms with Gasteiger partial charge in [-0.15, -0.1) is 0 Å². The molecule has 0 fully saturated rings. The first-order valence-corrected chi connectivity index (χ1v) is 10.5. The van der Waals surface area contributed by atoms with Crippen molar-refractivity contribution in [2.75, 3.05) is 24.7 Å². The van der Waals surface area contributed by atoms with Gasteiger partial charge in [0.1, 0.15) is 12.4 Å².